The van der Waals surface area contributed by atoms with Crippen LogP contribution < -0.4 is 10.2 Å². The highest BCUT2D eigenvalue weighted by Gasteiger charge is 2.36. The zero-order chi connectivity index (χ0) is 18.1. The summed E-state index contributed by atoms with van der Waals surface area (Å²) in [6.45, 7) is 4.83. The Bertz CT molecular complexity index is 856. The molecule has 1 N–H and O–H groups in total. The highest BCUT2D eigenvalue weighted by Crippen LogP contribution is 2.30. The van der Waals surface area contributed by atoms with Crippen LogP contribution in [-0.2, 0) is 13.0 Å². The minimum Gasteiger partial charge on any atom is -0.352 e. The van der Waals surface area contributed by atoms with E-state index in [0.29, 0.717) is 25.2 Å². The molecule has 6 nitrogen and oxygen atoms in total. The van der Waals surface area contributed by atoms with Crippen LogP contribution in [0.5, 0.6) is 0 Å². The number of nitriles is 1. The molecule has 2 aromatic heterocycles. The molecule has 2 aromatic rings. The summed E-state index contributed by atoms with van der Waals surface area (Å²) in [7, 11) is 0. The molecule has 1 atom stereocenters. The maximum absolute atomic E-state index is 12.4. The van der Waals surface area contributed by atoms with E-state index in [0.717, 1.165) is 25.3 Å². The molecule has 2 aliphatic rings. The fraction of sp³-hybridized carbons (Fsp3) is 0.421. The summed E-state index contributed by atoms with van der Waals surface area (Å²) >= 11 is 1.83. The van der Waals surface area contributed by atoms with Gasteiger partial charge < -0.3 is 15.1 Å². The highest BCUT2D eigenvalue weighted by atomic mass is 32.1. The third-order valence-electron chi connectivity index (χ3n) is 5.16. The lowest BCUT2D eigenvalue weighted by molar-refractivity contribution is 0.219. The first-order valence-electron chi connectivity index (χ1n) is 8.80. The second-order valence-corrected chi connectivity index (χ2v) is 8.22. The molecular formula is C19H21N5OS. The largest absolute Gasteiger partial charge is 0.352 e. The number of carbonyl (C=O) groups is 1. The first kappa shape index (κ1) is 16.9. The molecule has 0 radical (unpaired) electrons. The van der Waals surface area contributed by atoms with Crippen molar-refractivity contribution < 1.29 is 4.79 Å². The van der Waals surface area contributed by atoms with Crippen molar-refractivity contribution in [1.29, 1.82) is 5.26 Å². The maximum Gasteiger partial charge on any atom is 0.321 e. The van der Waals surface area contributed by atoms with Gasteiger partial charge in [0.2, 0.25) is 0 Å². The quantitative estimate of drug-likeness (QED) is 0.882. The number of pyridine rings is 1. The van der Waals surface area contributed by atoms with Gasteiger partial charge in [-0.1, -0.05) is 0 Å². The second-order valence-electron chi connectivity index (χ2n) is 7.22. The van der Waals surface area contributed by atoms with Crippen molar-refractivity contribution in [2.24, 2.45) is 5.41 Å². The van der Waals surface area contributed by atoms with Gasteiger partial charge in [0.05, 0.1) is 23.4 Å². The summed E-state index contributed by atoms with van der Waals surface area (Å²) in [4.78, 5) is 22.3. The number of hydrogen-bond donors (Lipinski definition) is 1. The van der Waals surface area contributed by atoms with Gasteiger partial charge in [-0.2, -0.15) is 5.26 Å². The van der Waals surface area contributed by atoms with E-state index in [9.17, 15) is 10.1 Å². The first-order chi connectivity index (χ1) is 12.6. The molecule has 1 saturated heterocycles. The molecule has 0 aromatic carbocycles. The molecule has 0 saturated carbocycles. The minimum atomic E-state index is -0.436. The summed E-state index contributed by atoms with van der Waals surface area (Å²) < 4.78 is 0. The van der Waals surface area contributed by atoms with Crippen LogP contribution in [0, 0.1) is 16.7 Å². The molecule has 26 heavy (non-hydrogen) atoms. The number of thiophene rings is 1. The van der Waals surface area contributed by atoms with Crippen LogP contribution in [0.25, 0.3) is 0 Å². The van der Waals surface area contributed by atoms with Crippen molar-refractivity contribution in [3.63, 3.8) is 0 Å². The summed E-state index contributed by atoms with van der Waals surface area (Å²) in [5.74, 6) is 0.929. The van der Waals surface area contributed by atoms with E-state index < -0.39 is 5.41 Å². The molecule has 0 aliphatic carbocycles. The van der Waals surface area contributed by atoms with E-state index in [1.807, 2.05) is 30.4 Å². The molecule has 4 rings (SSSR count). The van der Waals surface area contributed by atoms with Gasteiger partial charge in [-0.25, -0.2) is 9.78 Å². The number of likely N-dealkylation sites (tertiary alicyclic amines) is 1. The van der Waals surface area contributed by atoms with Gasteiger partial charge in [0, 0.05) is 31.1 Å². The number of aromatic nitrogens is 1. The minimum absolute atomic E-state index is 0.167. The van der Waals surface area contributed by atoms with E-state index in [2.05, 4.69) is 32.7 Å². The standard InChI is InChI=1S/C19H21N5OS/c1-19(12-20)6-8-24(13-19)18(25)22-15-2-3-17(21-10-15)23-7-4-16-14(11-23)5-9-26-16/h2-3,5,9-10H,4,6-8,11,13H2,1H3,(H,22,25). The Balaban J connectivity index is 1.38. The zero-order valence-corrected chi connectivity index (χ0v) is 15.6. The number of rotatable bonds is 2. The Morgan fingerprint density at radius 1 is 1.38 bits per heavy atom. The monoisotopic (exact) mass is 367 g/mol. The van der Waals surface area contributed by atoms with Gasteiger partial charge in [0.1, 0.15) is 5.82 Å². The van der Waals surface area contributed by atoms with Crippen LogP contribution in [0.4, 0.5) is 16.3 Å². The number of hydrogen-bond acceptors (Lipinski definition) is 5. The molecule has 0 bridgehead atoms. The van der Waals surface area contributed by atoms with E-state index in [4.69, 9.17) is 0 Å². The number of fused-ring (bicyclic) bond motifs is 1. The normalized spacial score (nSPS) is 22.0. The summed E-state index contributed by atoms with van der Waals surface area (Å²) in [6, 6.07) is 8.16. The van der Waals surface area contributed by atoms with Gasteiger partial charge >= 0.3 is 6.03 Å². The van der Waals surface area contributed by atoms with Crippen LogP contribution in [0.15, 0.2) is 29.8 Å². The van der Waals surface area contributed by atoms with Crippen molar-refractivity contribution in [1.82, 2.24) is 9.88 Å². The lowest BCUT2D eigenvalue weighted by Crippen LogP contribution is -2.34. The summed E-state index contributed by atoms with van der Waals surface area (Å²) in [5.41, 5.74) is 1.63. The lowest BCUT2D eigenvalue weighted by atomic mass is 9.92. The lowest BCUT2D eigenvalue weighted by Gasteiger charge is -2.28. The topological polar surface area (TPSA) is 72.3 Å². The smallest absolute Gasteiger partial charge is 0.321 e. The predicted molar refractivity (Wildman–Crippen MR) is 102 cm³/mol. The molecule has 2 aliphatic heterocycles. The van der Waals surface area contributed by atoms with Crippen molar-refractivity contribution in [3.8, 4) is 6.07 Å². The number of nitrogens with one attached hydrogen (secondary N) is 1. The highest BCUT2D eigenvalue weighted by molar-refractivity contribution is 7.10. The van der Waals surface area contributed by atoms with E-state index in [-0.39, 0.29) is 6.03 Å². The van der Waals surface area contributed by atoms with Crippen molar-refractivity contribution >= 4 is 28.9 Å². The fourth-order valence-corrected chi connectivity index (χ4v) is 4.41. The number of anilines is 2. The van der Waals surface area contributed by atoms with Gasteiger partial charge in [0.15, 0.2) is 0 Å². The van der Waals surface area contributed by atoms with E-state index in [1.54, 1.807) is 11.1 Å². The van der Waals surface area contributed by atoms with Gasteiger partial charge in [0.25, 0.3) is 0 Å². The van der Waals surface area contributed by atoms with Gasteiger partial charge in [-0.15, -0.1) is 11.3 Å². The molecule has 2 amide bonds. The molecule has 1 fully saturated rings. The van der Waals surface area contributed by atoms with Crippen LogP contribution in [0.2, 0.25) is 0 Å². The van der Waals surface area contributed by atoms with Gasteiger partial charge in [-0.3, -0.25) is 0 Å². The molecular weight excluding hydrogens is 346 g/mol. The third-order valence-corrected chi connectivity index (χ3v) is 6.18. The van der Waals surface area contributed by atoms with Crippen LogP contribution in [-0.4, -0.2) is 35.5 Å². The van der Waals surface area contributed by atoms with Crippen molar-refractivity contribution in [3.05, 3.63) is 40.2 Å². The Morgan fingerprint density at radius 2 is 2.27 bits per heavy atom. The predicted octanol–water partition coefficient (Wildman–Crippen LogP) is 3.47. The average molecular weight is 367 g/mol. The Morgan fingerprint density at radius 3 is 3.00 bits per heavy atom. The summed E-state index contributed by atoms with van der Waals surface area (Å²) in [5, 5.41) is 14.2. The van der Waals surface area contributed by atoms with Crippen molar-refractivity contribution in [2.75, 3.05) is 29.9 Å². The van der Waals surface area contributed by atoms with Crippen LogP contribution in [0.1, 0.15) is 23.8 Å². The second kappa shape index (κ2) is 6.61. The Hall–Kier alpha value is -2.59. The zero-order valence-electron chi connectivity index (χ0n) is 14.7. The number of nitrogens with zero attached hydrogens (tertiary/aromatic N) is 4. The van der Waals surface area contributed by atoms with Crippen LogP contribution >= 0.6 is 11.3 Å². The maximum atomic E-state index is 12.4. The number of amides is 2. The van der Waals surface area contributed by atoms with Crippen molar-refractivity contribution in [2.45, 2.75) is 26.3 Å². The summed E-state index contributed by atoms with van der Waals surface area (Å²) in [6.07, 6.45) is 3.48. The third kappa shape index (κ3) is 3.25. The molecule has 7 heteroatoms. The Kier molecular flexibility index (Phi) is 4.29. The van der Waals surface area contributed by atoms with E-state index in [1.165, 1.54) is 10.4 Å². The molecule has 1 unspecified atom stereocenters. The molecule has 134 valence electrons. The SMILES string of the molecule is CC1(C#N)CCN(C(=O)Nc2ccc(N3CCc4sccc4C3)nc2)C1. The van der Waals surface area contributed by atoms with Crippen LogP contribution in [0.3, 0.4) is 0 Å². The fourth-order valence-electron chi connectivity index (χ4n) is 3.52. The average Bonchev–Trinajstić information content (AvgIpc) is 3.29. The van der Waals surface area contributed by atoms with E-state index >= 15 is 0 Å². The number of carbonyl (C=O) groups excluding carboxylic acids is 1. The molecule has 0 spiro atoms. The first-order valence-corrected chi connectivity index (χ1v) is 9.68. The van der Waals surface area contributed by atoms with Gasteiger partial charge in [-0.05, 0) is 48.9 Å². The number of urea groups is 1. The molecule has 4 heterocycles. The Labute approximate surface area is 157 Å².